The maximum Gasteiger partial charge on any atom is 0.257 e. The molecule has 0 fully saturated rings. The number of nitrogens with zero attached hydrogens (tertiary/aromatic N) is 3. The minimum Gasteiger partial charge on any atom is -0.343 e. The molecule has 0 spiro atoms. The normalized spacial score (nSPS) is 19.0. The molecule has 6 heteroatoms. The number of thioether (sulfide) groups is 1. The van der Waals surface area contributed by atoms with Crippen LogP contribution in [0.15, 0.2) is 9.95 Å². The number of aryl methyl sites for hydroxylation is 1. The van der Waals surface area contributed by atoms with Crippen LogP contribution in [0.3, 0.4) is 0 Å². The van der Waals surface area contributed by atoms with Gasteiger partial charge in [0.2, 0.25) is 5.91 Å². The molecule has 1 atom stereocenters. The van der Waals surface area contributed by atoms with Crippen LogP contribution < -0.4 is 5.56 Å². The molecule has 1 amide bonds. The second-order valence-corrected chi connectivity index (χ2v) is 7.68. The fraction of sp³-hybridized carbons (Fsp3) is 0.722. The van der Waals surface area contributed by atoms with Crippen LogP contribution in [0.1, 0.15) is 63.3 Å². The number of unbranched alkanes of at least 4 members (excludes halogenated alkanes) is 1. The summed E-state index contributed by atoms with van der Waals surface area (Å²) in [5.41, 5.74) is 1.99. The SMILES string of the molecule is CCCCN(CC)C(=O)CC1CSc2nc3c(c(=O)n21)CCCC3. The highest BCUT2D eigenvalue weighted by Crippen LogP contribution is 2.34. The van der Waals surface area contributed by atoms with Crippen molar-refractivity contribution < 1.29 is 4.79 Å². The summed E-state index contributed by atoms with van der Waals surface area (Å²) in [5.74, 6) is 0.941. The molecule has 1 aliphatic carbocycles. The van der Waals surface area contributed by atoms with Crippen LogP contribution in [-0.4, -0.2) is 39.2 Å². The first kappa shape index (κ1) is 17.5. The Morgan fingerprint density at radius 3 is 2.88 bits per heavy atom. The molecule has 5 nitrogen and oxygen atoms in total. The van der Waals surface area contributed by atoms with E-state index in [1.54, 1.807) is 16.3 Å². The Hall–Kier alpha value is -1.30. The van der Waals surface area contributed by atoms with E-state index >= 15 is 0 Å². The molecular formula is C18H27N3O2S. The van der Waals surface area contributed by atoms with Gasteiger partial charge >= 0.3 is 0 Å². The molecule has 3 rings (SSSR count). The van der Waals surface area contributed by atoms with Gasteiger partial charge in [-0.1, -0.05) is 25.1 Å². The maximum atomic E-state index is 12.9. The summed E-state index contributed by atoms with van der Waals surface area (Å²) >= 11 is 1.62. The zero-order valence-electron chi connectivity index (χ0n) is 14.7. The average Bonchev–Trinajstić information content (AvgIpc) is 2.98. The topological polar surface area (TPSA) is 55.2 Å². The number of hydrogen-bond donors (Lipinski definition) is 0. The van der Waals surface area contributed by atoms with Crippen molar-refractivity contribution in [2.24, 2.45) is 0 Å². The Morgan fingerprint density at radius 1 is 1.33 bits per heavy atom. The van der Waals surface area contributed by atoms with Crippen molar-refractivity contribution in [3.8, 4) is 0 Å². The smallest absolute Gasteiger partial charge is 0.257 e. The summed E-state index contributed by atoms with van der Waals surface area (Å²) in [7, 11) is 0. The van der Waals surface area contributed by atoms with Crippen molar-refractivity contribution in [2.75, 3.05) is 18.8 Å². The van der Waals surface area contributed by atoms with E-state index in [1.807, 2.05) is 11.8 Å². The molecule has 0 N–H and O–H groups in total. The van der Waals surface area contributed by atoms with E-state index in [1.165, 1.54) is 0 Å². The molecular weight excluding hydrogens is 322 g/mol. The van der Waals surface area contributed by atoms with Crippen molar-refractivity contribution in [3.05, 3.63) is 21.6 Å². The van der Waals surface area contributed by atoms with E-state index in [4.69, 9.17) is 4.98 Å². The molecule has 1 aromatic heterocycles. The van der Waals surface area contributed by atoms with Gasteiger partial charge in [-0.2, -0.15) is 0 Å². The summed E-state index contributed by atoms with van der Waals surface area (Å²) in [6, 6.07) is -0.0413. The number of aromatic nitrogens is 2. The standard InChI is InChI=1S/C18H27N3O2S/c1-3-5-10-20(4-2)16(22)11-13-12-24-18-19-15-9-7-6-8-14(15)17(23)21(13)18/h13H,3-12H2,1-2H3. The zero-order valence-corrected chi connectivity index (χ0v) is 15.5. The summed E-state index contributed by atoms with van der Waals surface area (Å²) in [6.07, 6.45) is 6.48. The van der Waals surface area contributed by atoms with Crippen LogP contribution in [0.4, 0.5) is 0 Å². The molecule has 1 unspecified atom stereocenters. The predicted octanol–water partition coefficient (Wildman–Crippen LogP) is 2.81. The van der Waals surface area contributed by atoms with Crippen molar-refractivity contribution in [2.45, 2.75) is 70.0 Å². The van der Waals surface area contributed by atoms with E-state index in [0.717, 1.165) is 73.8 Å². The highest BCUT2D eigenvalue weighted by Gasteiger charge is 2.31. The third kappa shape index (κ3) is 3.39. The van der Waals surface area contributed by atoms with Gasteiger partial charge in [-0.3, -0.25) is 14.2 Å². The van der Waals surface area contributed by atoms with Gasteiger partial charge in [0.05, 0.1) is 11.7 Å². The third-order valence-electron chi connectivity index (χ3n) is 5.05. The van der Waals surface area contributed by atoms with Crippen molar-refractivity contribution in [1.29, 1.82) is 0 Å². The summed E-state index contributed by atoms with van der Waals surface area (Å²) < 4.78 is 1.81. The van der Waals surface area contributed by atoms with Gasteiger partial charge in [-0.15, -0.1) is 0 Å². The molecule has 132 valence electrons. The Morgan fingerprint density at radius 2 is 2.12 bits per heavy atom. The predicted molar refractivity (Wildman–Crippen MR) is 96.7 cm³/mol. The monoisotopic (exact) mass is 349 g/mol. The number of carbonyl (C=O) groups excluding carboxylic acids is 1. The Labute approximate surface area is 147 Å². The highest BCUT2D eigenvalue weighted by molar-refractivity contribution is 7.99. The Kier molecular flexibility index (Phi) is 5.64. The van der Waals surface area contributed by atoms with Crippen LogP contribution >= 0.6 is 11.8 Å². The largest absolute Gasteiger partial charge is 0.343 e. The van der Waals surface area contributed by atoms with Gasteiger partial charge in [-0.25, -0.2) is 4.98 Å². The molecule has 1 aromatic rings. The molecule has 0 saturated carbocycles. The Bertz CT molecular complexity index is 671. The molecule has 24 heavy (non-hydrogen) atoms. The molecule has 2 heterocycles. The first-order valence-corrected chi connectivity index (χ1v) is 10.2. The van der Waals surface area contributed by atoms with E-state index in [9.17, 15) is 9.59 Å². The lowest BCUT2D eigenvalue weighted by atomic mass is 9.97. The molecule has 0 bridgehead atoms. The van der Waals surface area contributed by atoms with Gasteiger partial charge in [0.1, 0.15) is 0 Å². The number of amides is 1. The molecule has 0 radical (unpaired) electrons. The van der Waals surface area contributed by atoms with Crippen molar-refractivity contribution in [1.82, 2.24) is 14.5 Å². The highest BCUT2D eigenvalue weighted by atomic mass is 32.2. The van der Waals surface area contributed by atoms with E-state index in [2.05, 4.69) is 6.92 Å². The van der Waals surface area contributed by atoms with Crippen LogP contribution in [0.5, 0.6) is 0 Å². The summed E-state index contributed by atoms with van der Waals surface area (Å²) in [5, 5.41) is 0.815. The minimum atomic E-state index is -0.0413. The number of carbonyl (C=O) groups is 1. The lowest BCUT2D eigenvalue weighted by molar-refractivity contribution is -0.131. The lowest BCUT2D eigenvalue weighted by Gasteiger charge is -2.23. The number of rotatable bonds is 6. The van der Waals surface area contributed by atoms with E-state index < -0.39 is 0 Å². The zero-order chi connectivity index (χ0) is 17.1. The van der Waals surface area contributed by atoms with E-state index in [0.29, 0.717) is 6.42 Å². The molecule has 1 aliphatic heterocycles. The number of fused-ring (bicyclic) bond motifs is 2. The van der Waals surface area contributed by atoms with Crippen LogP contribution in [0.25, 0.3) is 0 Å². The first-order valence-electron chi connectivity index (χ1n) is 9.20. The second kappa shape index (κ2) is 7.72. The third-order valence-corrected chi connectivity index (χ3v) is 6.15. The first-order chi connectivity index (χ1) is 11.7. The summed E-state index contributed by atoms with van der Waals surface area (Å²) in [4.78, 5) is 32.2. The second-order valence-electron chi connectivity index (χ2n) is 6.70. The minimum absolute atomic E-state index is 0.0413. The van der Waals surface area contributed by atoms with Gasteiger partial charge in [-0.05, 0) is 39.0 Å². The molecule has 0 saturated heterocycles. The van der Waals surface area contributed by atoms with Crippen LogP contribution in [-0.2, 0) is 17.6 Å². The maximum absolute atomic E-state index is 12.9. The fourth-order valence-corrected chi connectivity index (χ4v) is 4.76. The van der Waals surface area contributed by atoms with Gasteiger partial charge < -0.3 is 4.90 Å². The van der Waals surface area contributed by atoms with Crippen LogP contribution in [0, 0.1) is 0 Å². The van der Waals surface area contributed by atoms with Crippen molar-refractivity contribution >= 4 is 17.7 Å². The van der Waals surface area contributed by atoms with Gasteiger partial charge in [0.25, 0.3) is 5.56 Å². The van der Waals surface area contributed by atoms with Crippen LogP contribution in [0.2, 0.25) is 0 Å². The fourth-order valence-electron chi connectivity index (χ4n) is 3.60. The summed E-state index contributed by atoms with van der Waals surface area (Å²) in [6.45, 7) is 5.71. The lowest BCUT2D eigenvalue weighted by Crippen LogP contribution is -2.36. The van der Waals surface area contributed by atoms with Gasteiger partial charge in [0, 0.05) is 30.8 Å². The molecule has 0 aromatic carbocycles. The number of hydrogen-bond acceptors (Lipinski definition) is 4. The van der Waals surface area contributed by atoms with Gasteiger partial charge in [0.15, 0.2) is 5.16 Å². The average molecular weight is 350 g/mol. The molecule has 2 aliphatic rings. The quantitative estimate of drug-likeness (QED) is 0.741. The van der Waals surface area contributed by atoms with Crippen molar-refractivity contribution in [3.63, 3.8) is 0 Å². The Balaban J connectivity index is 1.79. The van der Waals surface area contributed by atoms with E-state index in [-0.39, 0.29) is 17.5 Å².